The number of nitrogens with zero attached hydrogens (tertiary/aromatic N) is 2. The molecule has 2 rings (SSSR count). The molecule has 4 N–H and O–H groups in total. The molecule has 0 unspecified atom stereocenters. The summed E-state index contributed by atoms with van der Waals surface area (Å²) >= 11 is 0. The van der Waals surface area contributed by atoms with E-state index < -0.39 is 0 Å². The molecule has 2 heterocycles. The number of anilines is 2. The third-order valence-electron chi connectivity index (χ3n) is 2.18. The maximum absolute atomic E-state index is 5.54. The maximum atomic E-state index is 5.54. The van der Waals surface area contributed by atoms with Gasteiger partial charge in [0.2, 0.25) is 0 Å². The summed E-state index contributed by atoms with van der Waals surface area (Å²) in [6.45, 7) is 2.69. The van der Waals surface area contributed by atoms with E-state index in [1.807, 2.05) is 19.1 Å². The molecule has 0 atom stereocenters. The van der Waals surface area contributed by atoms with Crippen LogP contribution >= 0.6 is 0 Å². The average Bonchev–Trinajstić information content (AvgIpc) is 2.63. The minimum atomic E-state index is 0.667. The fraction of sp³-hybridized carbons (Fsp3) is 0.200. The van der Waals surface area contributed by atoms with Crippen LogP contribution in [0.5, 0.6) is 0 Å². The summed E-state index contributed by atoms with van der Waals surface area (Å²) in [7, 11) is 0. The topological polar surface area (TPSA) is 79.6 Å². The molecule has 0 radical (unpaired) electrons. The lowest BCUT2D eigenvalue weighted by molar-refractivity contribution is 1.04. The van der Waals surface area contributed by atoms with Gasteiger partial charge in [0.15, 0.2) is 0 Å². The number of nitrogens with one attached hydrogen (secondary N) is 2. The van der Waals surface area contributed by atoms with E-state index in [2.05, 4.69) is 20.5 Å². The van der Waals surface area contributed by atoms with Crippen molar-refractivity contribution >= 4 is 11.5 Å². The van der Waals surface area contributed by atoms with Crippen LogP contribution in [0.15, 0.2) is 24.5 Å². The van der Waals surface area contributed by atoms with E-state index in [4.69, 9.17) is 5.73 Å². The molecule has 78 valence electrons. The van der Waals surface area contributed by atoms with Gasteiger partial charge < -0.3 is 11.1 Å². The number of aromatic amines is 1. The van der Waals surface area contributed by atoms with Crippen molar-refractivity contribution in [3.8, 4) is 0 Å². The highest BCUT2D eigenvalue weighted by molar-refractivity contribution is 5.44. The second kappa shape index (κ2) is 4.00. The average molecular weight is 203 g/mol. The smallest absolute Gasteiger partial charge is 0.126 e. The molecule has 0 spiro atoms. The van der Waals surface area contributed by atoms with E-state index in [1.165, 1.54) is 0 Å². The van der Waals surface area contributed by atoms with E-state index in [-0.39, 0.29) is 0 Å². The lowest BCUT2D eigenvalue weighted by atomic mass is 10.2. The Bertz CT molecular complexity index is 431. The number of hydrogen-bond donors (Lipinski definition) is 3. The molecule has 0 bridgehead atoms. The summed E-state index contributed by atoms with van der Waals surface area (Å²) in [5.74, 6) is 0.810. The fourth-order valence-corrected chi connectivity index (χ4v) is 1.25. The molecule has 0 aliphatic carbocycles. The van der Waals surface area contributed by atoms with Crippen LogP contribution in [0.1, 0.15) is 11.3 Å². The number of aryl methyl sites for hydroxylation is 1. The molecule has 5 nitrogen and oxygen atoms in total. The third-order valence-corrected chi connectivity index (χ3v) is 2.18. The number of pyridine rings is 1. The molecule has 2 aromatic rings. The molecular weight excluding hydrogens is 190 g/mol. The van der Waals surface area contributed by atoms with Crippen molar-refractivity contribution in [1.82, 2.24) is 15.2 Å². The molecule has 0 saturated carbocycles. The van der Waals surface area contributed by atoms with Gasteiger partial charge in [0.25, 0.3) is 0 Å². The predicted octanol–water partition coefficient (Wildman–Crippen LogP) is 1.31. The summed E-state index contributed by atoms with van der Waals surface area (Å²) in [6.07, 6.45) is 3.43. The van der Waals surface area contributed by atoms with Gasteiger partial charge in [0, 0.05) is 17.8 Å². The van der Waals surface area contributed by atoms with Gasteiger partial charge in [-0.15, -0.1) is 0 Å². The van der Waals surface area contributed by atoms with Gasteiger partial charge in [-0.05, 0) is 19.1 Å². The monoisotopic (exact) mass is 203 g/mol. The van der Waals surface area contributed by atoms with Gasteiger partial charge in [-0.2, -0.15) is 5.10 Å². The van der Waals surface area contributed by atoms with Gasteiger partial charge in [-0.3, -0.25) is 5.10 Å². The number of aromatic nitrogens is 3. The largest absolute Gasteiger partial charge is 0.397 e. The van der Waals surface area contributed by atoms with Crippen molar-refractivity contribution in [3.63, 3.8) is 0 Å². The molecule has 15 heavy (non-hydrogen) atoms. The van der Waals surface area contributed by atoms with Crippen LogP contribution in [0.25, 0.3) is 0 Å². The minimum Gasteiger partial charge on any atom is -0.397 e. The Labute approximate surface area is 87.7 Å². The van der Waals surface area contributed by atoms with Crippen LogP contribution in [0.3, 0.4) is 0 Å². The lowest BCUT2D eigenvalue weighted by Crippen LogP contribution is -2.01. The Kier molecular flexibility index (Phi) is 2.53. The Morgan fingerprint density at radius 3 is 2.87 bits per heavy atom. The fourth-order valence-electron chi connectivity index (χ4n) is 1.25. The second-order valence-corrected chi connectivity index (χ2v) is 3.35. The molecule has 0 aliphatic heterocycles. The lowest BCUT2D eigenvalue weighted by Gasteiger charge is -2.04. The third kappa shape index (κ3) is 2.25. The number of hydrogen-bond acceptors (Lipinski definition) is 4. The quantitative estimate of drug-likeness (QED) is 0.702. The Morgan fingerprint density at radius 2 is 2.27 bits per heavy atom. The Hall–Kier alpha value is -2.04. The summed E-state index contributed by atoms with van der Waals surface area (Å²) in [6, 6.07) is 3.67. The number of H-pyrrole nitrogens is 1. The first-order chi connectivity index (χ1) is 7.25. The normalized spacial score (nSPS) is 10.2. The van der Waals surface area contributed by atoms with Gasteiger partial charge in [0.1, 0.15) is 5.82 Å². The molecule has 0 saturated heterocycles. The molecule has 0 amide bonds. The zero-order valence-electron chi connectivity index (χ0n) is 8.49. The summed E-state index contributed by atoms with van der Waals surface area (Å²) in [4.78, 5) is 4.14. The zero-order chi connectivity index (χ0) is 10.7. The van der Waals surface area contributed by atoms with Crippen molar-refractivity contribution in [1.29, 1.82) is 0 Å². The molecule has 0 aliphatic rings. The number of nitrogen functional groups attached to an aromatic ring is 1. The summed E-state index contributed by atoms with van der Waals surface area (Å²) in [5.41, 5.74) is 8.40. The van der Waals surface area contributed by atoms with E-state index >= 15 is 0 Å². The van der Waals surface area contributed by atoms with Crippen LogP contribution in [0, 0.1) is 6.92 Å². The zero-order valence-corrected chi connectivity index (χ0v) is 8.49. The number of rotatable bonds is 3. The van der Waals surface area contributed by atoms with Gasteiger partial charge in [0.05, 0.1) is 18.1 Å². The van der Waals surface area contributed by atoms with Crippen molar-refractivity contribution in [2.45, 2.75) is 13.5 Å². The number of nitrogens with two attached hydrogens (primary N) is 1. The summed E-state index contributed by atoms with van der Waals surface area (Å²) < 4.78 is 0. The Morgan fingerprint density at radius 1 is 1.40 bits per heavy atom. The highest BCUT2D eigenvalue weighted by Gasteiger charge is 2.00. The highest BCUT2D eigenvalue weighted by Crippen LogP contribution is 2.09. The van der Waals surface area contributed by atoms with Gasteiger partial charge >= 0.3 is 0 Å². The van der Waals surface area contributed by atoms with Gasteiger partial charge in [-0.1, -0.05) is 0 Å². The van der Waals surface area contributed by atoms with Crippen LogP contribution in [0.2, 0.25) is 0 Å². The summed E-state index contributed by atoms with van der Waals surface area (Å²) in [5, 5.41) is 10.0. The molecule has 0 fully saturated rings. The van der Waals surface area contributed by atoms with Crippen LogP contribution in [-0.4, -0.2) is 15.2 Å². The van der Waals surface area contributed by atoms with Gasteiger partial charge in [-0.25, -0.2) is 4.98 Å². The Balaban J connectivity index is 1.99. The minimum absolute atomic E-state index is 0.667. The molecular formula is C10H13N5. The maximum Gasteiger partial charge on any atom is 0.126 e. The molecule has 0 aromatic carbocycles. The van der Waals surface area contributed by atoms with Crippen molar-refractivity contribution in [2.75, 3.05) is 11.1 Å². The van der Waals surface area contributed by atoms with Crippen LogP contribution < -0.4 is 11.1 Å². The van der Waals surface area contributed by atoms with Crippen LogP contribution in [0.4, 0.5) is 11.5 Å². The van der Waals surface area contributed by atoms with Crippen molar-refractivity contribution in [2.24, 2.45) is 0 Å². The van der Waals surface area contributed by atoms with E-state index in [0.29, 0.717) is 12.2 Å². The standard InChI is InChI=1S/C10H13N5/c1-7-8(5-14-15-7)4-12-10-3-2-9(11)6-13-10/h2-3,5-6H,4,11H2,1H3,(H,12,13)(H,14,15). The van der Waals surface area contributed by atoms with E-state index in [0.717, 1.165) is 17.1 Å². The molecule has 2 aromatic heterocycles. The van der Waals surface area contributed by atoms with Crippen molar-refractivity contribution in [3.05, 3.63) is 35.8 Å². The molecule has 5 heteroatoms. The second-order valence-electron chi connectivity index (χ2n) is 3.35. The van der Waals surface area contributed by atoms with Crippen molar-refractivity contribution < 1.29 is 0 Å². The van der Waals surface area contributed by atoms with Crippen LogP contribution in [-0.2, 0) is 6.54 Å². The predicted molar refractivity (Wildman–Crippen MR) is 59.3 cm³/mol. The first kappa shape index (κ1) is 9.51. The SMILES string of the molecule is Cc1[nH]ncc1CNc1ccc(N)cn1. The van der Waals surface area contributed by atoms with E-state index in [1.54, 1.807) is 12.4 Å². The first-order valence-corrected chi connectivity index (χ1v) is 4.70. The highest BCUT2D eigenvalue weighted by atomic mass is 15.1. The van der Waals surface area contributed by atoms with E-state index in [9.17, 15) is 0 Å². The first-order valence-electron chi connectivity index (χ1n) is 4.70.